The molecule has 0 amide bonds. The first-order valence-electron chi connectivity index (χ1n) is 5.12. The van der Waals surface area contributed by atoms with E-state index in [0.29, 0.717) is 12.1 Å². The van der Waals surface area contributed by atoms with Crippen LogP contribution in [0, 0.1) is 0 Å². The molecule has 1 aromatic rings. The van der Waals surface area contributed by atoms with Gasteiger partial charge in [0.15, 0.2) is 0 Å². The zero-order chi connectivity index (χ0) is 12.0. The minimum absolute atomic E-state index is 0.347. The molecule has 1 rings (SSSR count). The third kappa shape index (κ3) is 3.87. The number of nitrogens with zero attached hydrogens (tertiary/aromatic N) is 1. The molecular formula is C13H17NO2. The number of likely N-dealkylation sites (N-methyl/N-ethyl adjacent to an activating group) is 1. The molecule has 0 atom stereocenters. The smallest absolute Gasteiger partial charge is 0.334 e. The molecule has 0 spiro atoms. The molecule has 0 heterocycles. The van der Waals surface area contributed by atoms with E-state index in [1.165, 1.54) is 12.7 Å². The van der Waals surface area contributed by atoms with E-state index in [-0.39, 0.29) is 5.97 Å². The topological polar surface area (TPSA) is 29.5 Å². The Bertz CT molecular complexity index is 359. The maximum absolute atomic E-state index is 11.2. The molecule has 0 aliphatic heterocycles. The van der Waals surface area contributed by atoms with E-state index < -0.39 is 0 Å². The lowest BCUT2D eigenvalue weighted by Crippen LogP contribution is -2.23. The number of carbonyl (C=O) groups is 1. The largest absolute Gasteiger partial charge is 0.466 e. The lowest BCUT2D eigenvalue weighted by atomic mass is 10.2. The molecule has 3 nitrogen and oxygen atoms in total. The van der Waals surface area contributed by atoms with E-state index in [1.807, 2.05) is 30.1 Å². The normalized spacial score (nSPS) is 10.2. The lowest BCUT2D eigenvalue weighted by molar-refractivity contribution is -0.136. The highest BCUT2D eigenvalue weighted by molar-refractivity contribution is 5.87. The first kappa shape index (κ1) is 12.5. The minimum Gasteiger partial charge on any atom is -0.466 e. The van der Waals surface area contributed by atoms with E-state index >= 15 is 0 Å². The van der Waals surface area contributed by atoms with Crippen LogP contribution in [0.1, 0.15) is 5.56 Å². The van der Waals surface area contributed by atoms with Crippen molar-refractivity contribution in [2.45, 2.75) is 6.54 Å². The van der Waals surface area contributed by atoms with Gasteiger partial charge in [0.2, 0.25) is 0 Å². The highest BCUT2D eigenvalue weighted by Gasteiger charge is 2.09. The molecule has 0 bridgehead atoms. The maximum atomic E-state index is 11.2. The van der Waals surface area contributed by atoms with Gasteiger partial charge in [-0.05, 0) is 12.6 Å². The monoisotopic (exact) mass is 219 g/mol. The Hall–Kier alpha value is -1.61. The summed E-state index contributed by atoms with van der Waals surface area (Å²) in [5.74, 6) is -0.347. The van der Waals surface area contributed by atoms with Crippen LogP contribution in [0.15, 0.2) is 42.5 Å². The van der Waals surface area contributed by atoms with Crippen molar-refractivity contribution >= 4 is 5.97 Å². The van der Waals surface area contributed by atoms with Crippen molar-refractivity contribution in [1.29, 1.82) is 0 Å². The Labute approximate surface area is 96.3 Å². The van der Waals surface area contributed by atoms with Crippen LogP contribution in [-0.4, -0.2) is 31.6 Å². The number of ether oxygens (including phenoxy) is 1. The predicted octanol–water partition coefficient (Wildman–Crippen LogP) is 1.85. The summed E-state index contributed by atoms with van der Waals surface area (Å²) in [6.45, 7) is 4.99. The van der Waals surface area contributed by atoms with Crippen LogP contribution in [0.3, 0.4) is 0 Å². The summed E-state index contributed by atoms with van der Waals surface area (Å²) < 4.78 is 4.60. The van der Waals surface area contributed by atoms with E-state index in [2.05, 4.69) is 23.4 Å². The van der Waals surface area contributed by atoms with Crippen molar-refractivity contribution < 1.29 is 9.53 Å². The Balaban J connectivity index is 2.45. The summed E-state index contributed by atoms with van der Waals surface area (Å²) >= 11 is 0. The number of hydrogen-bond acceptors (Lipinski definition) is 3. The van der Waals surface area contributed by atoms with E-state index in [4.69, 9.17) is 0 Å². The summed E-state index contributed by atoms with van der Waals surface area (Å²) in [6, 6.07) is 10.1. The second-order valence-corrected chi connectivity index (χ2v) is 3.75. The molecule has 0 aliphatic carbocycles. The molecule has 0 unspecified atom stereocenters. The van der Waals surface area contributed by atoms with Gasteiger partial charge in [0.05, 0.1) is 7.11 Å². The van der Waals surface area contributed by atoms with Crippen LogP contribution in [-0.2, 0) is 16.1 Å². The Kier molecular flexibility index (Phi) is 4.73. The fourth-order valence-corrected chi connectivity index (χ4v) is 1.49. The molecule has 0 radical (unpaired) electrons. The average Bonchev–Trinajstić information content (AvgIpc) is 2.29. The third-order valence-corrected chi connectivity index (χ3v) is 2.23. The Morgan fingerprint density at radius 1 is 1.38 bits per heavy atom. The van der Waals surface area contributed by atoms with Crippen LogP contribution in [0.25, 0.3) is 0 Å². The first-order chi connectivity index (χ1) is 7.63. The third-order valence-electron chi connectivity index (χ3n) is 2.23. The number of rotatable bonds is 5. The predicted molar refractivity (Wildman–Crippen MR) is 63.9 cm³/mol. The van der Waals surface area contributed by atoms with Gasteiger partial charge in [0.1, 0.15) is 0 Å². The zero-order valence-electron chi connectivity index (χ0n) is 9.77. The van der Waals surface area contributed by atoms with Gasteiger partial charge in [0.25, 0.3) is 0 Å². The quantitative estimate of drug-likeness (QED) is 0.559. The number of benzene rings is 1. The summed E-state index contributed by atoms with van der Waals surface area (Å²) in [4.78, 5) is 13.2. The molecule has 0 saturated carbocycles. The standard InChI is InChI=1S/C13H17NO2/c1-11(13(15)16-3)9-14(2)10-12-7-5-4-6-8-12/h4-8H,1,9-10H2,2-3H3. The van der Waals surface area contributed by atoms with Crippen LogP contribution in [0.2, 0.25) is 0 Å². The highest BCUT2D eigenvalue weighted by atomic mass is 16.5. The second-order valence-electron chi connectivity index (χ2n) is 3.75. The van der Waals surface area contributed by atoms with Gasteiger partial charge in [-0.2, -0.15) is 0 Å². The molecular weight excluding hydrogens is 202 g/mol. The number of methoxy groups -OCH3 is 1. The zero-order valence-corrected chi connectivity index (χ0v) is 9.77. The minimum atomic E-state index is -0.347. The summed E-state index contributed by atoms with van der Waals surface area (Å²) in [5.41, 5.74) is 1.68. The van der Waals surface area contributed by atoms with Crippen molar-refractivity contribution in [3.63, 3.8) is 0 Å². The summed E-state index contributed by atoms with van der Waals surface area (Å²) in [5, 5.41) is 0. The molecule has 86 valence electrons. The van der Waals surface area contributed by atoms with Gasteiger partial charge in [0, 0.05) is 18.7 Å². The van der Waals surface area contributed by atoms with Gasteiger partial charge in [-0.25, -0.2) is 4.79 Å². The number of carbonyl (C=O) groups excluding carboxylic acids is 1. The van der Waals surface area contributed by atoms with Gasteiger partial charge in [-0.3, -0.25) is 4.90 Å². The van der Waals surface area contributed by atoms with E-state index in [1.54, 1.807) is 0 Å². The van der Waals surface area contributed by atoms with E-state index in [9.17, 15) is 4.79 Å². The Morgan fingerprint density at radius 3 is 2.56 bits per heavy atom. The van der Waals surface area contributed by atoms with Crippen molar-refractivity contribution in [1.82, 2.24) is 4.90 Å². The van der Waals surface area contributed by atoms with Crippen LogP contribution in [0.5, 0.6) is 0 Å². The molecule has 0 fully saturated rings. The SMILES string of the molecule is C=C(CN(C)Cc1ccccc1)C(=O)OC. The van der Waals surface area contributed by atoms with Crippen molar-refractivity contribution in [2.24, 2.45) is 0 Å². The molecule has 16 heavy (non-hydrogen) atoms. The van der Waals surface area contributed by atoms with Crippen LogP contribution < -0.4 is 0 Å². The number of hydrogen-bond donors (Lipinski definition) is 0. The van der Waals surface area contributed by atoms with Gasteiger partial charge in [-0.15, -0.1) is 0 Å². The molecule has 0 aliphatic rings. The Morgan fingerprint density at radius 2 is 2.00 bits per heavy atom. The van der Waals surface area contributed by atoms with Crippen LogP contribution in [0.4, 0.5) is 0 Å². The molecule has 1 aromatic carbocycles. The van der Waals surface area contributed by atoms with Gasteiger partial charge >= 0.3 is 5.97 Å². The molecule has 0 aromatic heterocycles. The highest BCUT2D eigenvalue weighted by Crippen LogP contribution is 2.05. The van der Waals surface area contributed by atoms with Crippen molar-refractivity contribution in [3.05, 3.63) is 48.0 Å². The average molecular weight is 219 g/mol. The summed E-state index contributed by atoms with van der Waals surface area (Å²) in [7, 11) is 3.31. The molecule has 3 heteroatoms. The molecule has 0 saturated heterocycles. The van der Waals surface area contributed by atoms with Gasteiger partial charge in [-0.1, -0.05) is 36.9 Å². The first-order valence-corrected chi connectivity index (χ1v) is 5.12. The fraction of sp³-hybridized carbons (Fsp3) is 0.308. The second kappa shape index (κ2) is 6.08. The fourth-order valence-electron chi connectivity index (χ4n) is 1.49. The lowest BCUT2D eigenvalue weighted by Gasteiger charge is -2.16. The number of esters is 1. The summed E-state index contributed by atoms with van der Waals surface area (Å²) in [6.07, 6.45) is 0. The van der Waals surface area contributed by atoms with E-state index in [0.717, 1.165) is 6.54 Å². The van der Waals surface area contributed by atoms with Crippen molar-refractivity contribution in [3.8, 4) is 0 Å². The van der Waals surface area contributed by atoms with Gasteiger partial charge < -0.3 is 4.74 Å². The molecule has 0 N–H and O–H groups in total. The van der Waals surface area contributed by atoms with Crippen LogP contribution >= 0.6 is 0 Å². The maximum Gasteiger partial charge on any atom is 0.334 e. The van der Waals surface area contributed by atoms with Crippen molar-refractivity contribution in [2.75, 3.05) is 20.7 Å².